The molecule has 8 rings (SSSR count). The predicted octanol–water partition coefficient (Wildman–Crippen LogP) is 6.10. The number of piperidine rings is 1. The number of rotatable bonds is 10. The number of aromatic nitrogens is 4. The normalized spacial score (nSPS) is 20.8. The van der Waals surface area contributed by atoms with Gasteiger partial charge in [0.05, 0.1) is 12.0 Å². The van der Waals surface area contributed by atoms with Crippen LogP contribution in [0.1, 0.15) is 105 Å². The number of methoxy groups -OCH3 is 1. The van der Waals surface area contributed by atoms with Gasteiger partial charge in [-0.25, -0.2) is 9.97 Å². The summed E-state index contributed by atoms with van der Waals surface area (Å²) in [7, 11) is 1.68. The molecule has 0 radical (unpaired) electrons. The molecule has 6 N–H and O–H groups in total. The predicted molar refractivity (Wildman–Crippen MR) is 216 cm³/mol. The van der Waals surface area contributed by atoms with Gasteiger partial charge < -0.3 is 50.3 Å². The fourth-order valence-electron chi connectivity index (χ4n) is 9.05. The Morgan fingerprint density at radius 2 is 1.84 bits per heavy atom. The van der Waals surface area contributed by atoms with E-state index in [1.54, 1.807) is 25.3 Å². The summed E-state index contributed by atoms with van der Waals surface area (Å²) in [5.74, 6) is 3.37. The van der Waals surface area contributed by atoms with Gasteiger partial charge in [-0.05, 0) is 88.2 Å². The van der Waals surface area contributed by atoms with Crippen molar-refractivity contribution in [3.8, 4) is 5.75 Å². The number of anilines is 3. The number of para-hydroxylation sites is 1. The van der Waals surface area contributed by atoms with Crippen LogP contribution in [0.4, 0.5) is 17.6 Å². The van der Waals surface area contributed by atoms with E-state index in [0.29, 0.717) is 40.2 Å². The molecule has 0 bridgehead atoms. The van der Waals surface area contributed by atoms with Gasteiger partial charge in [0.2, 0.25) is 5.95 Å². The van der Waals surface area contributed by atoms with E-state index < -0.39 is 0 Å². The summed E-state index contributed by atoms with van der Waals surface area (Å²) in [6.45, 7) is 14.0. The summed E-state index contributed by atoms with van der Waals surface area (Å²) in [6, 6.07) is 9.65. The summed E-state index contributed by atoms with van der Waals surface area (Å²) < 4.78 is 10.1. The van der Waals surface area contributed by atoms with E-state index in [2.05, 4.69) is 36.5 Å². The molecule has 2 unspecified atom stereocenters. The molecule has 4 aromatic rings. The van der Waals surface area contributed by atoms with Gasteiger partial charge in [0, 0.05) is 97.8 Å². The SMILES string of the molecule is CC(C)C(C=O)c1cc(N2CC3(CC(N4CCC(c5cnc(N6CCc7[nH]c(N)c(/C=C(\N)c8ccccc8O)c7C6C)nc5)CC4)C3)C2)no1.CCOC. The molecule has 1 aromatic carbocycles. The summed E-state index contributed by atoms with van der Waals surface area (Å²) >= 11 is 0. The van der Waals surface area contributed by atoms with Gasteiger partial charge in [-0.2, -0.15) is 0 Å². The number of hydrogen-bond donors (Lipinski definition) is 4. The van der Waals surface area contributed by atoms with Gasteiger partial charge in [-0.1, -0.05) is 31.1 Å². The Balaban J connectivity index is 0.00000111. The number of nitrogens with two attached hydrogens (primary N) is 2. The molecule has 4 aliphatic rings. The molecular formula is C42H57N9O4. The standard InChI is InChI=1S/C39H49N9O3.C3H8O/c1-23(2)30(20-49)34-15-35(45-51-34)47-21-39(22-47)16-27(17-39)46-11-8-25(9-12-46)26-18-42-38(43-19-26)48-13-10-32-36(24(48)3)29(37(41)44-32)14-31(40)28-6-4-5-7-33(28)50;1-3-4-2/h4-7,14-15,18-20,23-25,27,30,44,50H,8-13,16-17,21-22,40-41H2,1-3H3;3H2,1-2H3/b31-14-;. The number of aldehydes is 1. The zero-order chi connectivity index (χ0) is 38.9. The number of nitrogen functional groups attached to an aromatic ring is 1. The molecule has 13 heteroatoms. The van der Waals surface area contributed by atoms with Crippen LogP contribution in [0.2, 0.25) is 0 Å². The number of H-pyrrole nitrogens is 1. The smallest absolute Gasteiger partial charge is 0.225 e. The number of phenols is 1. The largest absolute Gasteiger partial charge is 0.507 e. The van der Waals surface area contributed by atoms with Crippen molar-refractivity contribution in [1.82, 2.24) is 25.0 Å². The molecule has 2 saturated heterocycles. The number of ether oxygens (including phenoxy) is 1. The molecule has 2 atom stereocenters. The number of nitrogens with one attached hydrogen (secondary N) is 1. The number of hydrogen-bond acceptors (Lipinski definition) is 12. The molecule has 13 nitrogen and oxygen atoms in total. The molecule has 294 valence electrons. The van der Waals surface area contributed by atoms with Gasteiger partial charge in [-0.15, -0.1) is 0 Å². The highest BCUT2D eigenvalue weighted by Gasteiger charge is 2.54. The van der Waals surface area contributed by atoms with E-state index in [9.17, 15) is 9.90 Å². The lowest BCUT2D eigenvalue weighted by Gasteiger charge is -2.61. The highest BCUT2D eigenvalue weighted by atomic mass is 16.5. The maximum Gasteiger partial charge on any atom is 0.225 e. The van der Waals surface area contributed by atoms with Crippen LogP contribution in [0.25, 0.3) is 11.8 Å². The third-order valence-electron chi connectivity index (χ3n) is 12.3. The zero-order valence-electron chi connectivity index (χ0n) is 32.9. The fourth-order valence-corrected chi connectivity index (χ4v) is 9.05. The molecule has 1 spiro atoms. The molecule has 3 aromatic heterocycles. The maximum atomic E-state index is 11.5. The number of carbonyl (C=O) groups excluding carboxylic acids is 1. The summed E-state index contributed by atoms with van der Waals surface area (Å²) in [4.78, 5) is 31.9. The average molecular weight is 752 g/mol. The van der Waals surface area contributed by atoms with Crippen LogP contribution in [0.15, 0.2) is 47.2 Å². The number of nitrogens with zero attached hydrogens (tertiary/aromatic N) is 6. The van der Waals surface area contributed by atoms with E-state index in [4.69, 9.17) is 26.0 Å². The second-order valence-corrected chi connectivity index (χ2v) is 16.2. The van der Waals surface area contributed by atoms with Crippen LogP contribution >= 0.6 is 0 Å². The number of phenolic OH excluding ortho intramolecular Hbond substituents is 1. The summed E-state index contributed by atoms with van der Waals surface area (Å²) in [5.41, 5.74) is 18.6. The minimum absolute atomic E-state index is 0.0126. The lowest BCUT2D eigenvalue weighted by atomic mass is 9.60. The Kier molecular flexibility index (Phi) is 11.2. The molecule has 1 saturated carbocycles. The summed E-state index contributed by atoms with van der Waals surface area (Å²) in [5, 5.41) is 14.6. The fraction of sp³-hybridized carbons (Fsp3) is 0.524. The number of aromatic hydroxyl groups is 1. The van der Waals surface area contributed by atoms with Crippen molar-refractivity contribution in [3.63, 3.8) is 0 Å². The Morgan fingerprint density at radius 3 is 2.47 bits per heavy atom. The first-order chi connectivity index (χ1) is 26.5. The van der Waals surface area contributed by atoms with E-state index >= 15 is 0 Å². The third-order valence-corrected chi connectivity index (χ3v) is 12.3. The van der Waals surface area contributed by atoms with Crippen LogP contribution in [-0.2, 0) is 16.0 Å². The number of aromatic amines is 1. The van der Waals surface area contributed by atoms with E-state index in [1.165, 1.54) is 18.4 Å². The molecule has 1 aliphatic carbocycles. The van der Waals surface area contributed by atoms with Crippen LogP contribution in [0, 0.1) is 11.3 Å². The minimum atomic E-state index is -0.241. The van der Waals surface area contributed by atoms with Crippen molar-refractivity contribution in [1.29, 1.82) is 0 Å². The van der Waals surface area contributed by atoms with Crippen molar-refractivity contribution in [2.24, 2.45) is 17.1 Å². The van der Waals surface area contributed by atoms with Crippen molar-refractivity contribution in [3.05, 3.63) is 76.4 Å². The Morgan fingerprint density at radius 1 is 1.15 bits per heavy atom. The lowest BCUT2D eigenvalue weighted by molar-refractivity contribution is -0.110. The first kappa shape index (κ1) is 38.4. The number of carbonyl (C=O) groups is 1. The van der Waals surface area contributed by atoms with E-state index in [-0.39, 0.29) is 23.6 Å². The maximum absolute atomic E-state index is 11.5. The number of likely N-dealkylation sites (tertiary alicyclic amines) is 1. The Labute approximate surface area is 324 Å². The van der Waals surface area contributed by atoms with Gasteiger partial charge in [-0.3, -0.25) is 0 Å². The molecule has 6 heterocycles. The van der Waals surface area contributed by atoms with Gasteiger partial charge in [0.15, 0.2) is 5.82 Å². The summed E-state index contributed by atoms with van der Waals surface area (Å²) in [6.07, 6.45) is 12.4. The van der Waals surface area contributed by atoms with Crippen molar-refractivity contribution < 1.29 is 19.2 Å². The van der Waals surface area contributed by atoms with Crippen LogP contribution in [-0.4, -0.2) is 88.9 Å². The quantitative estimate of drug-likeness (QED) is 0.137. The molecule has 3 aliphatic heterocycles. The minimum Gasteiger partial charge on any atom is -0.507 e. The van der Waals surface area contributed by atoms with E-state index in [1.807, 2.05) is 51.4 Å². The highest BCUT2D eigenvalue weighted by Crippen LogP contribution is 2.52. The zero-order valence-corrected chi connectivity index (χ0v) is 32.9. The van der Waals surface area contributed by atoms with Crippen molar-refractivity contribution in [2.45, 2.75) is 83.7 Å². The third kappa shape index (κ3) is 7.69. The number of benzene rings is 1. The Hall–Kier alpha value is -4.88. The van der Waals surface area contributed by atoms with Crippen LogP contribution in [0.3, 0.4) is 0 Å². The van der Waals surface area contributed by atoms with Gasteiger partial charge >= 0.3 is 0 Å². The molecular weight excluding hydrogens is 695 g/mol. The average Bonchev–Trinajstić information content (AvgIpc) is 3.75. The highest BCUT2D eigenvalue weighted by molar-refractivity contribution is 5.86. The Bertz CT molecular complexity index is 1950. The van der Waals surface area contributed by atoms with Crippen molar-refractivity contribution >= 4 is 35.6 Å². The molecule has 0 amide bonds. The molecule has 55 heavy (non-hydrogen) atoms. The second kappa shape index (κ2) is 16.1. The van der Waals surface area contributed by atoms with Crippen LogP contribution in [0.5, 0.6) is 5.75 Å². The topological polar surface area (TPSA) is 176 Å². The van der Waals surface area contributed by atoms with E-state index in [0.717, 1.165) is 93.5 Å². The van der Waals surface area contributed by atoms with Crippen molar-refractivity contribution in [2.75, 3.05) is 62.0 Å². The first-order valence-electron chi connectivity index (χ1n) is 19.8. The van der Waals surface area contributed by atoms with Gasteiger partial charge in [0.1, 0.15) is 23.6 Å². The lowest BCUT2D eigenvalue weighted by Crippen LogP contribution is -2.67. The monoisotopic (exact) mass is 751 g/mol. The van der Waals surface area contributed by atoms with Crippen LogP contribution < -0.4 is 21.3 Å². The number of fused-ring (bicyclic) bond motifs is 1. The first-order valence-corrected chi connectivity index (χ1v) is 19.8. The second-order valence-electron chi connectivity index (χ2n) is 16.2. The molecule has 3 fully saturated rings. The van der Waals surface area contributed by atoms with Gasteiger partial charge in [0.25, 0.3) is 0 Å².